The number of nitrogens with zero attached hydrogens (tertiary/aromatic N) is 5. The second-order valence-corrected chi connectivity index (χ2v) is 6.85. The number of nitrogens with one attached hydrogen (secondary N) is 1. The summed E-state index contributed by atoms with van der Waals surface area (Å²) < 4.78 is 7.04. The fraction of sp³-hybridized carbons (Fsp3) is 0.421. The van der Waals surface area contributed by atoms with Crippen molar-refractivity contribution in [1.82, 2.24) is 30.2 Å². The van der Waals surface area contributed by atoms with E-state index in [4.69, 9.17) is 4.52 Å². The highest BCUT2D eigenvalue weighted by atomic mass is 16.5. The van der Waals surface area contributed by atoms with Crippen LogP contribution in [0.25, 0.3) is 11.3 Å². The van der Waals surface area contributed by atoms with Crippen molar-refractivity contribution >= 4 is 5.91 Å². The molecule has 27 heavy (non-hydrogen) atoms. The first-order valence-electron chi connectivity index (χ1n) is 9.27. The fourth-order valence-electron chi connectivity index (χ4n) is 3.51. The molecule has 8 nitrogen and oxygen atoms in total. The Bertz CT molecular complexity index is 853. The van der Waals surface area contributed by atoms with Crippen molar-refractivity contribution in [3.8, 4) is 11.3 Å². The summed E-state index contributed by atoms with van der Waals surface area (Å²) in [6, 6.07) is 2.38. The maximum atomic E-state index is 12.1. The number of hydrogen-bond donors (Lipinski definition) is 1. The third-order valence-electron chi connectivity index (χ3n) is 4.99. The molecule has 0 atom stereocenters. The van der Waals surface area contributed by atoms with E-state index in [0.29, 0.717) is 18.9 Å². The number of amides is 1. The van der Waals surface area contributed by atoms with Gasteiger partial charge in [-0.3, -0.25) is 19.4 Å². The van der Waals surface area contributed by atoms with Crippen molar-refractivity contribution < 1.29 is 9.32 Å². The van der Waals surface area contributed by atoms with E-state index in [9.17, 15) is 4.79 Å². The van der Waals surface area contributed by atoms with Gasteiger partial charge in [-0.2, -0.15) is 5.10 Å². The first-order chi connectivity index (χ1) is 13.3. The molecular weight excluding hydrogens is 344 g/mol. The lowest BCUT2D eigenvalue weighted by Gasteiger charge is -2.29. The fourth-order valence-corrected chi connectivity index (χ4v) is 3.51. The minimum Gasteiger partial charge on any atom is -0.361 e. The van der Waals surface area contributed by atoms with E-state index >= 15 is 0 Å². The van der Waals surface area contributed by atoms with Gasteiger partial charge in [0.25, 0.3) is 0 Å². The van der Waals surface area contributed by atoms with Crippen LogP contribution in [0.5, 0.6) is 0 Å². The zero-order valence-corrected chi connectivity index (χ0v) is 15.0. The Balaban J connectivity index is 1.25. The first-order valence-corrected chi connectivity index (χ1v) is 9.27. The normalized spacial score (nSPS) is 19.7. The van der Waals surface area contributed by atoms with E-state index in [2.05, 4.69) is 25.5 Å². The van der Waals surface area contributed by atoms with Crippen LogP contribution in [0, 0.1) is 0 Å². The van der Waals surface area contributed by atoms with Crippen molar-refractivity contribution in [3.63, 3.8) is 0 Å². The summed E-state index contributed by atoms with van der Waals surface area (Å²) in [7, 11) is 0. The Morgan fingerprint density at radius 2 is 2.07 bits per heavy atom. The van der Waals surface area contributed by atoms with Gasteiger partial charge in [0.2, 0.25) is 5.91 Å². The van der Waals surface area contributed by atoms with Gasteiger partial charge in [-0.15, -0.1) is 0 Å². The first kappa shape index (κ1) is 17.4. The van der Waals surface area contributed by atoms with Crippen molar-refractivity contribution in [2.45, 2.75) is 50.6 Å². The standard InChI is InChI=1S/C19H22N6O2/c26-19(6-5-17-7-8-23-27-17)24-15-1-3-16(4-2-15)25-13-14(11-22-25)18-12-20-9-10-21-18/h7-13,15-16H,1-6H2,(H,24,26). The molecule has 1 N–H and O–H groups in total. The Hall–Kier alpha value is -3.03. The largest absolute Gasteiger partial charge is 0.361 e. The van der Waals surface area contributed by atoms with Gasteiger partial charge in [-0.05, 0) is 25.7 Å². The smallest absolute Gasteiger partial charge is 0.220 e. The SMILES string of the molecule is O=C(CCc1ccno1)NC1CCC(n2cc(-c3cnccn3)cn2)CC1. The molecule has 0 saturated heterocycles. The molecule has 0 aromatic carbocycles. The number of aromatic nitrogens is 5. The summed E-state index contributed by atoms with van der Waals surface area (Å²) >= 11 is 0. The van der Waals surface area contributed by atoms with Gasteiger partial charge in [0, 0.05) is 49.1 Å². The maximum Gasteiger partial charge on any atom is 0.220 e. The van der Waals surface area contributed by atoms with Crippen LogP contribution in [0.15, 0.2) is 47.8 Å². The molecule has 0 aliphatic heterocycles. The van der Waals surface area contributed by atoms with Crippen molar-refractivity contribution in [2.24, 2.45) is 0 Å². The summed E-state index contributed by atoms with van der Waals surface area (Å²) in [4.78, 5) is 20.5. The summed E-state index contributed by atoms with van der Waals surface area (Å²) in [5.74, 6) is 0.810. The lowest BCUT2D eigenvalue weighted by atomic mass is 9.91. The molecule has 3 aromatic rings. The van der Waals surface area contributed by atoms with Crippen molar-refractivity contribution in [1.29, 1.82) is 0 Å². The van der Waals surface area contributed by atoms with Crippen LogP contribution >= 0.6 is 0 Å². The van der Waals surface area contributed by atoms with Crippen LogP contribution in [0.3, 0.4) is 0 Å². The molecule has 0 spiro atoms. The Kier molecular flexibility index (Phi) is 5.22. The van der Waals surface area contributed by atoms with E-state index in [1.165, 1.54) is 0 Å². The van der Waals surface area contributed by atoms with Crippen LogP contribution in [-0.4, -0.2) is 36.9 Å². The molecule has 1 aliphatic rings. The van der Waals surface area contributed by atoms with Crippen LogP contribution in [0.1, 0.15) is 43.9 Å². The molecule has 1 amide bonds. The maximum absolute atomic E-state index is 12.1. The van der Waals surface area contributed by atoms with Gasteiger partial charge >= 0.3 is 0 Å². The third kappa shape index (κ3) is 4.39. The van der Waals surface area contributed by atoms with Crippen LogP contribution in [-0.2, 0) is 11.2 Å². The quantitative estimate of drug-likeness (QED) is 0.720. The Morgan fingerprint density at radius 3 is 2.81 bits per heavy atom. The zero-order valence-electron chi connectivity index (χ0n) is 15.0. The van der Waals surface area contributed by atoms with E-state index in [0.717, 1.165) is 42.7 Å². The molecular formula is C19H22N6O2. The van der Waals surface area contributed by atoms with Gasteiger partial charge < -0.3 is 9.84 Å². The minimum absolute atomic E-state index is 0.0684. The van der Waals surface area contributed by atoms with Gasteiger partial charge in [-0.1, -0.05) is 5.16 Å². The molecule has 0 radical (unpaired) electrons. The number of carbonyl (C=O) groups excluding carboxylic acids is 1. The number of carbonyl (C=O) groups is 1. The zero-order chi connectivity index (χ0) is 18.5. The summed E-state index contributed by atoms with van der Waals surface area (Å²) in [6.45, 7) is 0. The molecule has 140 valence electrons. The van der Waals surface area contributed by atoms with Gasteiger partial charge in [0.1, 0.15) is 5.76 Å². The Morgan fingerprint density at radius 1 is 1.19 bits per heavy atom. The van der Waals surface area contributed by atoms with Crippen LogP contribution in [0.2, 0.25) is 0 Å². The molecule has 0 unspecified atom stereocenters. The second-order valence-electron chi connectivity index (χ2n) is 6.85. The van der Waals surface area contributed by atoms with Gasteiger partial charge in [0.15, 0.2) is 0 Å². The second kappa shape index (κ2) is 8.11. The summed E-state index contributed by atoms with van der Waals surface area (Å²) in [5.41, 5.74) is 1.81. The lowest BCUT2D eigenvalue weighted by molar-refractivity contribution is -0.122. The van der Waals surface area contributed by atoms with Crippen LogP contribution < -0.4 is 5.32 Å². The highest BCUT2D eigenvalue weighted by Crippen LogP contribution is 2.29. The van der Waals surface area contributed by atoms with E-state index in [-0.39, 0.29) is 11.9 Å². The molecule has 3 heterocycles. The van der Waals surface area contributed by atoms with Crippen LogP contribution in [0.4, 0.5) is 0 Å². The molecule has 1 saturated carbocycles. The molecule has 0 bridgehead atoms. The molecule has 1 aliphatic carbocycles. The highest BCUT2D eigenvalue weighted by molar-refractivity contribution is 5.76. The predicted octanol–water partition coefficient (Wildman–Crippen LogP) is 2.56. The van der Waals surface area contributed by atoms with E-state index in [1.54, 1.807) is 30.9 Å². The number of rotatable bonds is 6. The van der Waals surface area contributed by atoms with Crippen molar-refractivity contribution in [2.75, 3.05) is 0 Å². The average Bonchev–Trinajstić information content (AvgIpc) is 3.40. The molecule has 4 rings (SSSR count). The highest BCUT2D eigenvalue weighted by Gasteiger charge is 2.24. The van der Waals surface area contributed by atoms with E-state index in [1.807, 2.05) is 17.1 Å². The molecule has 1 fully saturated rings. The van der Waals surface area contributed by atoms with E-state index < -0.39 is 0 Å². The van der Waals surface area contributed by atoms with Gasteiger partial charge in [0.05, 0.1) is 30.3 Å². The van der Waals surface area contributed by atoms with Crippen molar-refractivity contribution in [3.05, 3.63) is 49.0 Å². The lowest BCUT2D eigenvalue weighted by Crippen LogP contribution is -2.38. The molecule has 8 heteroatoms. The molecule has 3 aromatic heterocycles. The minimum atomic E-state index is 0.0684. The monoisotopic (exact) mass is 366 g/mol. The van der Waals surface area contributed by atoms with Gasteiger partial charge in [-0.25, -0.2) is 0 Å². The number of hydrogen-bond acceptors (Lipinski definition) is 6. The summed E-state index contributed by atoms with van der Waals surface area (Å²) in [5, 5.41) is 11.3. The average molecular weight is 366 g/mol. The topological polar surface area (TPSA) is 98.7 Å². The Labute approximate surface area is 157 Å². The summed E-state index contributed by atoms with van der Waals surface area (Å²) in [6.07, 6.45) is 15.5. The predicted molar refractivity (Wildman–Crippen MR) is 97.5 cm³/mol. The number of aryl methyl sites for hydroxylation is 1. The third-order valence-corrected chi connectivity index (χ3v) is 4.99.